The fraction of sp³-hybridized carbons (Fsp3) is 0.750. The van der Waals surface area contributed by atoms with Crippen molar-refractivity contribution in [3.8, 4) is 0 Å². The molecule has 0 aromatic carbocycles. The van der Waals surface area contributed by atoms with Crippen LogP contribution in [0.25, 0.3) is 0 Å². The van der Waals surface area contributed by atoms with Crippen molar-refractivity contribution >= 4 is 21.9 Å². The lowest BCUT2D eigenvalue weighted by atomic mass is 10.3. The number of carbonyl (C=O) groups is 1. The second kappa shape index (κ2) is 3.02. The van der Waals surface area contributed by atoms with Crippen molar-refractivity contribution in [3.05, 3.63) is 0 Å². The number of hydrogen-bond donors (Lipinski definition) is 1. The van der Waals surface area contributed by atoms with Gasteiger partial charge in [0.25, 0.3) is 0 Å². The molecule has 0 bridgehead atoms. The molecule has 0 aliphatic rings. The summed E-state index contributed by atoms with van der Waals surface area (Å²) in [6.45, 7) is 1.80. The molecular formula is C4H7BrO2. The van der Waals surface area contributed by atoms with E-state index in [1.165, 1.54) is 0 Å². The molecule has 0 spiro atoms. The summed E-state index contributed by atoms with van der Waals surface area (Å²) in [4.78, 5) is 9.87. The zero-order chi connectivity index (χ0) is 5.86. The molecule has 1 atom stereocenters. The number of rotatable bonds is 2. The van der Waals surface area contributed by atoms with E-state index >= 15 is 0 Å². The third kappa shape index (κ3) is 5.95. The highest BCUT2D eigenvalue weighted by atomic mass is 79.9. The lowest BCUT2D eigenvalue weighted by Gasteiger charge is -1.92. The van der Waals surface area contributed by atoms with Crippen LogP contribution in [-0.2, 0) is 4.79 Å². The van der Waals surface area contributed by atoms with Gasteiger partial charge in [0.1, 0.15) is 0 Å². The fourth-order valence-electron chi connectivity index (χ4n) is 0.241. The summed E-state index contributed by atoms with van der Waals surface area (Å²) in [5.74, 6) is -0.760. The first kappa shape index (κ1) is 6.95. The van der Waals surface area contributed by atoms with Gasteiger partial charge in [-0.15, -0.1) is 0 Å². The number of halogens is 1. The second-order valence-corrected chi connectivity index (χ2v) is 2.94. The molecule has 0 unspecified atom stereocenters. The van der Waals surface area contributed by atoms with Crippen molar-refractivity contribution in [1.82, 2.24) is 0 Å². The maximum absolute atomic E-state index is 9.78. The summed E-state index contributed by atoms with van der Waals surface area (Å²) in [7, 11) is 0. The number of hydrogen-bond acceptors (Lipinski definition) is 1. The summed E-state index contributed by atoms with van der Waals surface area (Å²) < 4.78 is 0. The van der Waals surface area contributed by atoms with Gasteiger partial charge in [0.15, 0.2) is 0 Å². The van der Waals surface area contributed by atoms with Crippen LogP contribution in [0.3, 0.4) is 0 Å². The Balaban J connectivity index is 3.13. The Labute approximate surface area is 50.7 Å². The highest BCUT2D eigenvalue weighted by Gasteiger charge is 2.00. The SMILES string of the molecule is C[C@H](Br)CC(=O)O. The Bertz CT molecular complexity index is 70.1. The molecule has 7 heavy (non-hydrogen) atoms. The normalized spacial score (nSPS) is 13.4. The van der Waals surface area contributed by atoms with Crippen molar-refractivity contribution in [1.29, 1.82) is 0 Å². The monoisotopic (exact) mass is 166 g/mol. The highest BCUT2D eigenvalue weighted by Crippen LogP contribution is 2.01. The quantitative estimate of drug-likeness (QED) is 0.628. The van der Waals surface area contributed by atoms with Gasteiger partial charge < -0.3 is 5.11 Å². The maximum Gasteiger partial charge on any atom is 0.304 e. The summed E-state index contributed by atoms with van der Waals surface area (Å²) >= 11 is 3.09. The summed E-state index contributed by atoms with van der Waals surface area (Å²) in [6, 6.07) is 0. The van der Waals surface area contributed by atoms with Crippen LogP contribution in [-0.4, -0.2) is 15.9 Å². The van der Waals surface area contributed by atoms with Gasteiger partial charge >= 0.3 is 5.97 Å². The van der Waals surface area contributed by atoms with E-state index in [0.717, 1.165) is 0 Å². The van der Waals surface area contributed by atoms with Crippen molar-refractivity contribution < 1.29 is 9.90 Å². The van der Waals surface area contributed by atoms with Crippen molar-refractivity contribution in [2.24, 2.45) is 0 Å². The van der Waals surface area contributed by atoms with Gasteiger partial charge in [-0.1, -0.05) is 22.9 Å². The van der Waals surface area contributed by atoms with Crippen LogP contribution in [0.4, 0.5) is 0 Å². The van der Waals surface area contributed by atoms with Crippen LogP contribution in [0.2, 0.25) is 0 Å². The molecular weight excluding hydrogens is 160 g/mol. The molecule has 0 saturated carbocycles. The number of alkyl halides is 1. The van der Waals surface area contributed by atoms with E-state index in [4.69, 9.17) is 5.11 Å². The zero-order valence-electron chi connectivity index (χ0n) is 4.02. The lowest BCUT2D eigenvalue weighted by molar-refractivity contribution is -0.136. The Morgan fingerprint density at radius 1 is 2.00 bits per heavy atom. The first-order valence-corrected chi connectivity index (χ1v) is 2.90. The molecule has 3 heteroatoms. The second-order valence-electron chi connectivity index (χ2n) is 1.38. The Morgan fingerprint density at radius 2 is 2.43 bits per heavy atom. The minimum Gasteiger partial charge on any atom is -0.481 e. The lowest BCUT2D eigenvalue weighted by Crippen LogP contribution is -2.01. The Morgan fingerprint density at radius 3 is 2.43 bits per heavy atom. The van der Waals surface area contributed by atoms with Crippen LogP contribution in [0.15, 0.2) is 0 Å². The molecule has 0 aliphatic carbocycles. The van der Waals surface area contributed by atoms with Crippen LogP contribution in [0, 0.1) is 0 Å². The third-order valence-electron chi connectivity index (χ3n) is 0.456. The predicted molar refractivity (Wildman–Crippen MR) is 30.6 cm³/mol. The largest absolute Gasteiger partial charge is 0.481 e. The average molecular weight is 167 g/mol. The van der Waals surface area contributed by atoms with Crippen LogP contribution in [0.1, 0.15) is 13.3 Å². The van der Waals surface area contributed by atoms with Crippen LogP contribution >= 0.6 is 15.9 Å². The maximum atomic E-state index is 9.78. The molecule has 42 valence electrons. The van der Waals surface area contributed by atoms with Gasteiger partial charge in [0.05, 0.1) is 6.42 Å². The molecule has 0 aromatic rings. The third-order valence-corrected chi connectivity index (χ3v) is 0.780. The summed E-state index contributed by atoms with van der Waals surface area (Å²) in [5, 5.41) is 8.05. The van der Waals surface area contributed by atoms with Gasteiger partial charge in [-0.3, -0.25) is 4.79 Å². The topological polar surface area (TPSA) is 37.3 Å². The molecule has 1 N–H and O–H groups in total. The number of aliphatic carboxylic acids is 1. The highest BCUT2D eigenvalue weighted by molar-refractivity contribution is 9.09. The first-order chi connectivity index (χ1) is 3.13. The standard InChI is InChI=1S/C4H7BrO2/c1-3(5)2-4(6)7/h3H,2H2,1H3,(H,6,7)/t3-/m0/s1. The average Bonchev–Trinajstić information content (AvgIpc) is 1.27. The molecule has 0 saturated heterocycles. The fourth-order valence-corrected chi connectivity index (χ4v) is 0.518. The van der Waals surface area contributed by atoms with E-state index in [-0.39, 0.29) is 11.2 Å². The van der Waals surface area contributed by atoms with E-state index in [1.54, 1.807) is 6.92 Å². The molecule has 0 fully saturated rings. The number of carboxylic acid groups (broad SMARTS) is 1. The van der Waals surface area contributed by atoms with E-state index in [0.29, 0.717) is 0 Å². The molecule has 0 rings (SSSR count). The molecule has 0 heterocycles. The zero-order valence-corrected chi connectivity index (χ0v) is 5.60. The molecule has 0 aromatic heterocycles. The van der Waals surface area contributed by atoms with Gasteiger partial charge in [-0.05, 0) is 0 Å². The van der Waals surface area contributed by atoms with E-state index in [9.17, 15) is 4.79 Å². The minimum absolute atomic E-state index is 0.0880. The first-order valence-electron chi connectivity index (χ1n) is 1.99. The molecule has 2 nitrogen and oxygen atoms in total. The smallest absolute Gasteiger partial charge is 0.304 e. The molecule has 0 radical (unpaired) electrons. The van der Waals surface area contributed by atoms with Crippen LogP contribution < -0.4 is 0 Å². The van der Waals surface area contributed by atoms with E-state index in [1.807, 2.05) is 0 Å². The van der Waals surface area contributed by atoms with E-state index in [2.05, 4.69) is 15.9 Å². The Hall–Kier alpha value is -0.0500. The van der Waals surface area contributed by atoms with Crippen molar-refractivity contribution in [3.63, 3.8) is 0 Å². The van der Waals surface area contributed by atoms with Crippen molar-refractivity contribution in [2.45, 2.75) is 18.2 Å². The number of carboxylic acids is 1. The predicted octanol–water partition coefficient (Wildman–Crippen LogP) is 1.24. The van der Waals surface area contributed by atoms with Gasteiger partial charge in [0, 0.05) is 4.83 Å². The summed E-state index contributed by atoms with van der Waals surface area (Å²) in [5.41, 5.74) is 0. The Kier molecular flexibility index (Phi) is 3.00. The summed E-state index contributed by atoms with van der Waals surface area (Å²) in [6.07, 6.45) is 0.194. The minimum atomic E-state index is -0.760. The van der Waals surface area contributed by atoms with Crippen molar-refractivity contribution in [2.75, 3.05) is 0 Å². The molecule has 0 amide bonds. The van der Waals surface area contributed by atoms with Crippen LogP contribution in [0.5, 0.6) is 0 Å². The van der Waals surface area contributed by atoms with E-state index < -0.39 is 5.97 Å². The molecule has 0 aliphatic heterocycles. The van der Waals surface area contributed by atoms with Gasteiger partial charge in [-0.2, -0.15) is 0 Å². The van der Waals surface area contributed by atoms with Gasteiger partial charge in [-0.25, -0.2) is 0 Å². The van der Waals surface area contributed by atoms with Gasteiger partial charge in [0.2, 0.25) is 0 Å².